The van der Waals surface area contributed by atoms with Gasteiger partial charge in [0, 0.05) is 25.8 Å². The minimum atomic E-state index is -0.527. The number of nitrogens with one attached hydrogen (secondary N) is 1. The Hall–Kier alpha value is -1.30. The molecular weight excluding hydrogens is 270 g/mol. The van der Waals surface area contributed by atoms with Crippen molar-refractivity contribution in [2.45, 2.75) is 18.9 Å². The molecule has 0 aliphatic carbocycles. The lowest BCUT2D eigenvalue weighted by molar-refractivity contribution is 0.0515. The van der Waals surface area contributed by atoms with Crippen LogP contribution in [-0.2, 0) is 4.74 Å². The van der Waals surface area contributed by atoms with Crippen LogP contribution in [-0.4, -0.2) is 51.2 Å². The predicted octanol–water partition coefficient (Wildman–Crippen LogP) is 1.45. The summed E-state index contributed by atoms with van der Waals surface area (Å²) in [5, 5.41) is 13.2. The second kappa shape index (κ2) is 8.87. The molecule has 5 heteroatoms. The Labute approximate surface area is 126 Å². The first-order valence-electron chi connectivity index (χ1n) is 7.51. The Bertz CT molecular complexity index is 407. The molecule has 2 N–H and O–H groups in total. The summed E-state index contributed by atoms with van der Waals surface area (Å²) < 4.78 is 16.1. The number of benzene rings is 1. The Balaban J connectivity index is 1.61. The molecule has 1 aliphatic heterocycles. The standard InChI is InChI=1S/C16H25NO4/c1-19-15-5-2-6-16(8-15)21-12-14(18)10-17-9-13-4-3-7-20-11-13/h2,5-6,8,13-14,17-18H,3-4,7,9-12H2,1H3. The van der Waals surface area contributed by atoms with Crippen molar-refractivity contribution >= 4 is 0 Å². The fraction of sp³-hybridized carbons (Fsp3) is 0.625. The maximum Gasteiger partial charge on any atom is 0.123 e. The lowest BCUT2D eigenvalue weighted by Crippen LogP contribution is -2.36. The van der Waals surface area contributed by atoms with E-state index >= 15 is 0 Å². The van der Waals surface area contributed by atoms with E-state index in [2.05, 4.69) is 5.32 Å². The van der Waals surface area contributed by atoms with E-state index in [1.807, 2.05) is 18.2 Å². The van der Waals surface area contributed by atoms with Crippen LogP contribution in [0, 0.1) is 5.92 Å². The van der Waals surface area contributed by atoms with E-state index in [4.69, 9.17) is 14.2 Å². The van der Waals surface area contributed by atoms with Gasteiger partial charge >= 0.3 is 0 Å². The van der Waals surface area contributed by atoms with Crippen molar-refractivity contribution in [3.05, 3.63) is 24.3 Å². The average molecular weight is 295 g/mol. The minimum absolute atomic E-state index is 0.265. The third-order valence-electron chi connectivity index (χ3n) is 3.55. The molecule has 2 atom stereocenters. The highest BCUT2D eigenvalue weighted by Gasteiger charge is 2.14. The van der Waals surface area contributed by atoms with Crippen molar-refractivity contribution < 1.29 is 19.3 Å². The predicted molar refractivity (Wildman–Crippen MR) is 80.9 cm³/mol. The Kier molecular flexibility index (Phi) is 6.79. The van der Waals surface area contributed by atoms with Gasteiger partial charge in [-0.15, -0.1) is 0 Å². The van der Waals surface area contributed by atoms with E-state index < -0.39 is 6.10 Å². The second-order valence-electron chi connectivity index (χ2n) is 5.39. The summed E-state index contributed by atoms with van der Waals surface area (Å²) in [4.78, 5) is 0. The molecule has 0 amide bonds. The van der Waals surface area contributed by atoms with Gasteiger partial charge in [0.1, 0.15) is 24.2 Å². The van der Waals surface area contributed by atoms with Gasteiger partial charge in [-0.3, -0.25) is 0 Å². The van der Waals surface area contributed by atoms with E-state index in [0.717, 1.165) is 31.9 Å². The van der Waals surface area contributed by atoms with Crippen LogP contribution < -0.4 is 14.8 Å². The van der Waals surface area contributed by atoms with Crippen molar-refractivity contribution in [3.63, 3.8) is 0 Å². The Morgan fingerprint density at radius 1 is 1.43 bits per heavy atom. The molecule has 21 heavy (non-hydrogen) atoms. The van der Waals surface area contributed by atoms with Crippen LogP contribution in [0.5, 0.6) is 11.5 Å². The van der Waals surface area contributed by atoms with E-state index in [9.17, 15) is 5.11 Å². The molecule has 1 aromatic rings. The summed E-state index contributed by atoms with van der Waals surface area (Å²) in [6.07, 6.45) is 1.80. The Morgan fingerprint density at radius 2 is 2.29 bits per heavy atom. The van der Waals surface area contributed by atoms with E-state index in [1.54, 1.807) is 13.2 Å². The summed E-state index contributed by atoms with van der Waals surface area (Å²) >= 11 is 0. The van der Waals surface area contributed by atoms with Crippen molar-refractivity contribution in [2.24, 2.45) is 5.92 Å². The van der Waals surface area contributed by atoms with Crippen LogP contribution >= 0.6 is 0 Å². The largest absolute Gasteiger partial charge is 0.497 e. The van der Waals surface area contributed by atoms with Crippen molar-refractivity contribution in [1.82, 2.24) is 5.32 Å². The lowest BCUT2D eigenvalue weighted by Gasteiger charge is -2.23. The fourth-order valence-corrected chi connectivity index (χ4v) is 2.36. The summed E-state index contributed by atoms with van der Waals surface area (Å²) in [6, 6.07) is 7.38. The molecule has 1 saturated heterocycles. The molecule has 1 heterocycles. The monoisotopic (exact) mass is 295 g/mol. The third kappa shape index (κ3) is 5.91. The van der Waals surface area contributed by atoms with Gasteiger partial charge in [0.2, 0.25) is 0 Å². The highest BCUT2D eigenvalue weighted by atomic mass is 16.5. The zero-order valence-electron chi connectivity index (χ0n) is 12.6. The topological polar surface area (TPSA) is 60.0 Å². The van der Waals surface area contributed by atoms with Crippen LogP contribution in [0.1, 0.15) is 12.8 Å². The van der Waals surface area contributed by atoms with E-state index in [0.29, 0.717) is 18.2 Å². The SMILES string of the molecule is COc1cccc(OCC(O)CNCC2CCCOC2)c1. The molecule has 2 unspecified atom stereocenters. The number of hydrogen-bond acceptors (Lipinski definition) is 5. The summed E-state index contributed by atoms with van der Waals surface area (Å²) in [7, 11) is 1.62. The average Bonchev–Trinajstić information content (AvgIpc) is 2.54. The molecule has 1 fully saturated rings. The normalized spacial score (nSPS) is 20.0. The molecule has 1 aliphatic rings. The van der Waals surface area contributed by atoms with Gasteiger partial charge in [0.05, 0.1) is 13.7 Å². The van der Waals surface area contributed by atoms with Crippen LogP contribution in [0.4, 0.5) is 0 Å². The van der Waals surface area contributed by atoms with Gasteiger partial charge in [-0.25, -0.2) is 0 Å². The number of methoxy groups -OCH3 is 1. The quantitative estimate of drug-likeness (QED) is 0.760. The molecule has 0 bridgehead atoms. The van der Waals surface area contributed by atoms with Gasteiger partial charge in [-0.05, 0) is 30.9 Å². The molecule has 1 aromatic carbocycles. The Morgan fingerprint density at radius 3 is 3.05 bits per heavy atom. The number of hydrogen-bond donors (Lipinski definition) is 2. The highest BCUT2D eigenvalue weighted by Crippen LogP contribution is 2.18. The number of aliphatic hydroxyl groups is 1. The molecule has 0 saturated carbocycles. The second-order valence-corrected chi connectivity index (χ2v) is 5.39. The van der Waals surface area contributed by atoms with Gasteiger partial charge < -0.3 is 24.6 Å². The molecule has 0 aromatic heterocycles. The number of ether oxygens (including phenoxy) is 3. The van der Waals surface area contributed by atoms with Crippen LogP contribution in [0.2, 0.25) is 0 Å². The van der Waals surface area contributed by atoms with E-state index in [-0.39, 0.29) is 6.61 Å². The van der Waals surface area contributed by atoms with E-state index in [1.165, 1.54) is 6.42 Å². The molecule has 2 rings (SSSR count). The third-order valence-corrected chi connectivity index (χ3v) is 3.55. The first kappa shape index (κ1) is 16.1. The van der Waals surface area contributed by atoms with Crippen molar-refractivity contribution in [3.8, 4) is 11.5 Å². The van der Waals surface area contributed by atoms with Gasteiger partial charge in [0.15, 0.2) is 0 Å². The maximum absolute atomic E-state index is 9.92. The van der Waals surface area contributed by atoms with Gasteiger partial charge in [-0.1, -0.05) is 6.07 Å². The summed E-state index contributed by atoms with van der Waals surface area (Å²) in [5.74, 6) is 2.01. The van der Waals surface area contributed by atoms with Crippen molar-refractivity contribution in [2.75, 3.05) is 40.0 Å². The first-order chi connectivity index (χ1) is 10.3. The summed E-state index contributed by atoms with van der Waals surface area (Å²) in [5.41, 5.74) is 0. The lowest BCUT2D eigenvalue weighted by atomic mass is 10.0. The fourth-order valence-electron chi connectivity index (χ4n) is 2.36. The van der Waals surface area contributed by atoms with Gasteiger partial charge in [0.25, 0.3) is 0 Å². The molecule has 5 nitrogen and oxygen atoms in total. The number of rotatable bonds is 8. The van der Waals surface area contributed by atoms with Crippen LogP contribution in [0.25, 0.3) is 0 Å². The van der Waals surface area contributed by atoms with Crippen LogP contribution in [0.3, 0.4) is 0 Å². The summed E-state index contributed by atoms with van der Waals surface area (Å²) in [6.45, 7) is 3.38. The zero-order valence-corrected chi connectivity index (χ0v) is 12.6. The molecular formula is C16H25NO4. The van der Waals surface area contributed by atoms with Crippen molar-refractivity contribution in [1.29, 1.82) is 0 Å². The van der Waals surface area contributed by atoms with Crippen LogP contribution in [0.15, 0.2) is 24.3 Å². The molecule has 0 radical (unpaired) electrons. The maximum atomic E-state index is 9.92. The molecule has 0 spiro atoms. The van der Waals surface area contributed by atoms with Gasteiger partial charge in [-0.2, -0.15) is 0 Å². The minimum Gasteiger partial charge on any atom is -0.497 e. The molecule has 118 valence electrons. The zero-order chi connectivity index (χ0) is 14.9. The highest BCUT2D eigenvalue weighted by molar-refractivity contribution is 5.32. The smallest absolute Gasteiger partial charge is 0.123 e. The first-order valence-corrected chi connectivity index (χ1v) is 7.51. The number of aliphatic hydroxyl groups excluding tert-OH is 1.